The molecule has 0 aliphatic heterocycles. The molecule has 0 atom stereocenters. The van der Waals surface area contributed by atoms with E-state index in [0.29, 0.717) is 23.0 Å². The number of carbonyl (C=O) groups excluding carboxylic acids is 1. The van der Waals surface area contributed by atoms with Gasteiger partial charge < -0.3 is 16.8 Å². The van der Waals surface area contributed by atoms with E-state index in [1.165, 1.54) is 38.3 Å². The number of primary amides is 1. The Balaban J connectivity index is 2.01. The molecular weight excluding hydrogens is 228 g/mol. The van der Waals surface area contributed by atoms with Crippen LogP contribution in [0.2, 0.25) is 0 Å². The van der Waals surface area contributed by atoms with Gasteiger partial charge in [-0.15, -0.1) is 0 Å². The van der Waals surface area contributed by atoms with E-state index in [-0.39, 0.29) is 0 Å². The van der Waals surface area contributed by atoms with E-state index < -0.39 is 5.91 Å². The molecule has 1 heterocycles. The summed E-state index contributed by atoms with van der Waals surface area (Å²) in [7, 11) is 0. The van der Waals surface area contributed by atoms with E-state index in [9.17, 15) is 4.79 Å². The van der Waals surface area contributed by atoms with E-state index in [4.69, 9.17) is 11.5 Å². The van der Waals surface area contributed by atoms with Crippen molar-refractivity contribution in [3.05, 3.63) is 17.8 Å². The Morgan fingerprint density at radius 2 is 2.11 bits per heavy atom. The van der Waals surface area contributed by atoms with Gasteiger partial charge in [0, 0.05) is 6.54 Å². The Morgan fingerprint density at radius 1 is 1.39 bits per heavy atom. The maximum absolute atomic E-state index is 11.3. The van der Waals surface area contributed by atoms with Crippen molar-refractivity contribution >= 4 is 17.4 Å². The summed E-state index contributed by atoms with van der Waals surface area (Å²) in [5.41, 5.74) is 11.7. The lowest BCUT2D eigenvalue weighted by Crippen LogP contribution is -2.21. The molecule has 5 nitrogen and oxygen atoms in total. The average Bonchev–Trinajstić information content (AvgIpc) is 2.38. The summed E-state index contributed by atoms with van der Waals surface area (Å²) in [4.78, 5) is 15.5. The molecule has 0 bridgehead atoms. The van der Waals surface area contributed by atoms with E-state index in [2.05, 4.69) is 10.3 Å². The van der Waals surface area contributed by atoms with Crippen molar-refractivity contribution in [2.75, 3.05) is 17.6 Å². The van der Waals surface area contributed by atoms with Gasteiger partial charge in [0.2, 0.25) is 0 Å². The predicted molar refractivity (Wildman–Crippen MR) is 72.2 cm³/mol. The third-order valence-electron chi connectivity index (χ3n) is 3.46. The number of aromatic nitrogens is 1. The highest BCUT2D eigenvalue weighted by molar-refractivity contribution is 5.98. The quantitative estimate of drug-likeness (QED) is 0.756. The Hall–Kier alpha value is -1.78. The number of nitrogen functional groups attached to an aromatic ring is 1. The van der Waals surface area contributed by atoms with Crippen molar-refractivity contribution in [2.45, 2.75) is 32.1 Å². The van der Waals surface area contributed by atoms with Crippen molar-refractivity contribution < 1.29 is 4.79 Å². The smallest absolute Gasteiger partial charge is 0.252 e. The number of hydrogen-bond acceptors (Lipinski definition) is 4. The second-order valence-corrected chi connectivity index (χ2v) is 4.91. The second-order valence-electron chi connectivity index (χ2n) is 4.91. The number of carbonyl (C=O) groups is 1. The summed E-state index contributed by atoms with van der Waals surface area (Å²) in [6.07, 6.45) is 7.95. The lowest BCUT2D eigenvalue weighted by Gasteiger charge is -2.22. The van der Waals surface area contributed by atoms with E-state index in [1.807, 2.05) is 0 Å². The van der Waals surface area contributed by atoms with Crippen molar-refractivity contribution in [3.63, 3.8) is 0 Å². The molecule has 1 aromatic rings. The third kappa shape index (κ3) is 3.12. The summed E-state index contributed by atoms with van der Waals surface area (Å²) in [6.45, 7) is 0.844. The van der Waals surface area contributed by atoms with Gasteiger partial charge in [-0.25, -0.2) is 4.98 Å². The number of nitrogens with zero attached hydrogens (tertiary/aromatic N) is 1. The number of hydrogen-bond donors (Lipinski definition) is 3. The van der Waals surface area contributed by atoms with E-state index in [0.717, 1.165) is 6.54 Å². The molecule has 1 saturated carbocycles. The molecule has 1 aromatic heterocycles. The van der Waals surface area contributed by atoms with E-state index in [1.54, 1.807) is 6.07 Å². The Labute approximate surface area is 107 Å². The number of nitrogens with one attached hydrogen (secondary N) is 1. The molecule has 5 heteroatoms. The highest BCUT2D eigenvalue weighted by atomic mass is 16.1. The highest BCUT2D eigenvalue weighted by Crippen LogP contribution is 2.24. The summed E-state index contributed by atoms with van der Waals surface area (Å²) >= 11 is 0. The molecule has 0 spiro atoms. The Kier molecular flexibility index (Phi) is 4.02. The molecule has 1 amide bonds. The SMILES string of the molecule is NC(=O)c1cc(N)cnc1NCC1CCCCC1. The van der Waals surface area contributed by atoms with Crippen molar-refractivity contribution in [3.8, 4) is 0 Å². The van der Waals surface area contributed by atoms with Gasteiger partial charge in [0.05, 0.1) is 17.4 Å². The zero-order chi connectivity index (χ0) is 13.0. The van der Waals surface area contributed by atoms with Crippen molar-refractivity contribution in [1.29, 1.82) is 0 Å². The Morgan fingerprint density at radius 3 is 2.78 bits per heavy atom. The van der Waals surface area contributed by atoms with Gasteiger partial charge in [0.1, 0.15) is 5.82 Å². The molecule has 0 radical (unpaired) electrons. The van der Waals surface area contributed by atoms with Gasteiger partial charge in [-0.3, -0.25) is 4.79 Å². The third-order valence-corrected chi connectivity index (χ3v) is 3.46. The van der Waals surface area contributed by atoms with Crippen LogP contribution in [-0.4, -0.2) is 17.4 Å². The number of nitrogens with two attached hydrogens (primary N) is 2. The minimum Gasteiger partial charge on any atom is -0.397 e. The molecule has 98 valence electrons. The van der Waals surface area contributed by atoms with E-state index >= 15 is 0 Å². The van der Waals surface area contributed by atoms with Crippen LogP contribution in [0.3, 0.4) is 0 Å². The van der Waals surface area contributed by atoms with Crippen molar-refractivity contribution in [1.82, 2.24) is 4.98 Å². The maximum Gasteiger partial charge on any atom is 0.252 e. The monoisotopic (exact) mass is 248 g/mol. The zero-order valence-corrected chi connectivity index (χ0v) is 10.5. The molecule has 0 aromatic carbocycles. The summed E-state index contributed by atoms with van der Waals surface area (Å²) in [6, 6.07) is 1.57. The number of rotatable bonds is 4. The molecule has 0 unspecified atom stereocenters. The minimum absolute atomic E-state index is 0.366. The molecule has 0 saturated heterocycles. The van der Waals surface area contributed by atoms with Gasteiger partial charge in [-0.1, -0.05) is 19.3 Å². The summed E-state index contributed by atoms with van der Waals surface area (Å²) < 4.78 is 0. The minimum atomic E-state index is -0.499. The van der Waals surface area contributed by atoms with Crippen LogP contribution in [0.15, 0.2) is 12.3 Å². The first kappa shape index (κ1) is 12.7. The summed E-state index contributed by atoms with van der Waals surface area (Å²) in [5.74, 6) is 0.710. The van der Waals surface area contributed by atoms with Gasteiger partial charge in [-0.05, 0) is 24.8 Å². The van der Waals surface area contributed by atoms with Crippen LogP contribution in [0.1, 0.15) is 42.5 Å². The second kappa shape index (κ2) is 5.71. The lowest BCUT2D eigenvalue weighted by atomic mass is 9.89. The number of amides is 1. The highest BCUT2D eigenvalue weighted by Gasteiger charge is 2.15. The van der Waals surface area contributed by atoms with Crippen LogP contribution < -0.4 is 16.8 Å². The number of anilines is 2. The van der Waals surface area contributed by atoms with Gasteiger partial charge in [0.25, 0.3) is 5.91 Å². The fourth-order valence-corrected chi connectivity index (χ4v) is 2.44. The van der Waals surface area contributed by atoms with Crippen LogP contribution >= 0.6 is 0 Å². The molecule has 1 aliphatic carbocycles. The van der Waals surface area contributed by atoms with Crippen LogP contribution in [0.25, 0.3) is 0 Å². The van der Waals surface area contributed by atoms with Gasteiger partial charge >= 0.3 is 0 Å². The first-order chi connectivity index (χ1) is 8.66. The van der Waals surface area contributed by atoms with Gasteiger partial charge in [0.15, 0.2) is 0 Å². The Bertz CT molecular complexity index is 427. The maximum atomic E-state index is 11.3. The molecular formula is C13H20N4O. The standard InChI is InChI=1S/C13H20N4O/c14-10-6-11(12(15)18)13(17-8-10)16-7-9-4-2-1-3-5-9/h6,8-9H,1-5,7,14H2,(H2,15,18)(H,16,17). The fraction of sp³-hybridized carbons (Fsp3) is 0.538. The molecule has 1 aliphatic rings. The number of pyridine rings is 1. The average molecular weight is 248 g/mol. The first-order valence-electron chi connectivity index (χ1n) is 6.46. The molecule has 2 rings (SSSR count). The van der Waals surface area contributed by atoms with Crippen molar-refractivity contribution in [2.24, 2.45) is 11.7 Å². The normalized spacial score (nSPS) is 16.4. The lowest BCUT2D eigenvalue weighted by molar-refractivity contribution is 0.100. The first-order valence-corrected chi connectivity index (χ1v) is 6.46. The predicted octanol–water partition coefficient (Wildman–Crippen LogP) is 1.75. The van der Waals surface area contributed by atoms with Crippen LogP contribution in [-0.2, 0) is 0 Å². The fourth-order valence-electron chi connectivity index (χ4n) is 2.44. The van der Waals surface area contributed by atoms with Crippen LogP contribution in [0.5, 0.6) is 0 Å². The molecule has 5 N–H and O–H groups in total. The van der Waals surface area contributed by atoms with Crippen LogP contribution in [0, 0.1) is 5.92 Å². The summed E-state index contributed by atoms with van der Waals surface area (Å²) in [5, 5.41) is 3.22. The van der Waals surface area contributed by atoms with Crippen LogP contribution in [0.4, 0.5) is 11.5 Å². The van der Waals surface area contributed by atoms with Gasteiger partial charge in [-0.2, -0.15) is 0 Å². The largest absolute Gasteiger partial charge is 0.397 e. The molecule has 1 fully saturated rings. The topological polar surface area (TPSA) is 94.0 Å². The molecule has 18 heavy (non-hydrogen) atoms. The zero-order valence-electron chi connectivity index (χ0n) is 10.5.